The zero-order valence-electron chi connectivity index (χ0n) is 20.5. The van der Waals surface area contributed by atoms with Crippen LogP contribution in [0.3, 0.4) is 0 Å². The molecule has 0 saturated heterocycles. The number of pyridine rings is 2. The molecule has 0 saturated carbocycles. The average Bonchev–Trinajstić information content (AvgIpc) is 3.28. The van der Waals surface area contributed by atoms with Gasteiger partial charge in [0.15, 0.2) is 0 Å². The van der Waals surface area contributed by atoms with Crippen LogP contribution < -0.4 is 0 Å². The highest BCUT2D eigenvalue weighted by molar-refractivity contribution is 6.21. The van der Waals surface area contributed by atoms with E-state index in [4.69, 9.17) is 9.47 Å². The summed E-state index contributed by atoms with van der Waals surface area (Å²) in [5, 5.41) is 12.6. The Balaban J connectivity index is 1.96. The van der Waals surface area contributed by atoms with E-state index in [9.17, 15) is 24.5 Å². The summed E-state index contributed by atoms with van der Waals surface area (Å²) in [4.78, 5) is 55.8. The number of carbonyl (C=O) groups excluding carboxylic acids is 3. The number of nitrogens with zero attached hydrogens (tertiary/aromatic N) is 3. The van der Waals surface area contributed by atoms with Crippen molar-refractivity contribution < 1.29 is 28.8 Å². The van der Waals surface area contributed by atoms with Crippen LogP contribution in [-0.2, 0) is 9.47 Å². The highest BCUT2D eigenvalue weighted by atomic mass is 16.6. The first-order valence-corrected chi connectivity index (χ1v) is 11.9. The van der Waals surface area contributed by atoms with Gasteiger partial charge < -0.3 is 13.9 Å². The van der Waals surface area contributed by atoms with Crippen LogP contribution in [0.25, 0.3) is 27.3 Å². The molecule has 0 spiro atoms. The Bertz CT molecular complexity index is 1770. The van der Waals surface area contributed by atoms with E-state index in [0.717, 1.165) is 5.39 Å². The quantitative estimate of drug-likeness (QED) is 0.0966. The number of esters is 2. The first-order chi connectivity index (χ1) is 18.4. The van der Waals surface area contributed by atoms with Gasteiger partial charge in [0, 0.05) is 34.7 Å². The molecule has 10 heteroatoms. The number of aromatic nitrogens is 2. The van der Waals surface area contributed by atoms with Gasteiger partial charge in [-0.15, -0.1) is 0 Å². The number of nitro groups is 1. The average molecular weight is 511 g/mol. The van der Waals surface area contributed by atoms with E-state index in [-0.39, 0.29) is 46.8 Å². The maximum atomic E-state index is 14.1. The Hall–Kier alpha value is -5.12. The Morgan fingerprint density at radius 2 is 1.50 bits per heavy atom. The molecule has 2 aromatic carbocycles. The molecule has 5 rings (SSSR count). The van der Waals surface area contributed by atoms with Crippen molar-refractivity contribution >= 4 is 50.7 Å². The summed E-state index contributed by atoms with van der Waals surface area (Å²) < 4.78 is 12.1. The van der Waals surface area contributed by atoms with E-state index in [2.05, 4.69) is 4.98 Å². The SMILES string of the molecule is CCOC(=O)c1c(C(=O)OCC)c2ccc3ccc4cccnc4c3n2c1C(=O)c1ccc([N+](=O)[O-])cc1. The number of hydrogen-bond donors (Lipinski definition) is 0. The monoisotopic (exact) mass is 511 g/mol. The highest BCUT2D eigenvalue weighted by Crippen LogP contribution is 2.34. The molecule has 3 aromatic heterocycles. The molecule has 0 unspecified atom stereocenters. The van der Waals surface area contributed by atoms with Gasteiger partial charge in [-0.25, -0.2) is 9.59 Å². The summed E-state index contributed by atoms with van der Waals surface area (Å²) in [5.74, 6) is -2.29. The smallest absolute Gasteiger partial charge is 0.341 e. The minimum atomic E-state index is -0.870. The van der Waals surface area contributed by atoms with Crippen molar-refractivity contribution in [2.45, 2.75) is 13.8 Å². The van der Waals surface area contributed by atoms with Gasteiger partial charge in [0.1, 0.15) is 16.8 Å². The molecular formula is C28H21N3O7. The summed E-state index contributed by atoms with van der Waals surface area (Å²) in [6.45, 7) is 3.30. The van der Waals surface area contributed by atoms with E-state index in [1.807, 2.05) is 18.2 Å². The van der Waals surface area contributed by atoms with E-state index in [1.165, 1.54) is 28.7 Å². The van der Waals surface area contributed by atoms with Crippen molar-refractivity contribution in [1.82, 2.24) is 9.38 Å². The number of ketones is 1. The van der Waals surface area contributed by atoms with Gasteiger partial charge >= 0.3 is 11.9 Å². The molecule has 0 radical (unpaired) electrons. The van der Waals surface area contributed by atoms with E-state index in [1.54, 1.807) is 38.2 Å². The topological polar surface area (TPSA) is 130 Å². The largest absolute Gasteiger partial charge is 0.462 e. The molecule has 0 atom stereocenters. The van der Waals surface area contributed by atoms with Crippen LogP contribution in [-0.4, -0.2) is 45.2 Å². The lowest BCUT2D eigenvalue weighted by Gasteiger charge is -2.11. The Morgan fingerprint density at radius 3 is 2.16 bits per heavy atom. The summed E-state index contributed by atoms with van der Waals surface area (Å²) in [6.07, 6.45) is 1.61. The van der Waals surface area contributed by atoms with Crippen LogP contribution in [0, 0.1) is 10.1 Å². The van der Waals surface area contributed by atoms with Crippen molar-refractivity contribution in [3.8, 4) is 0 Å². The summed E-state index contributed by atoms with van der Waals surface area (Å²) in [7, 11) is 0. The van der Waals surface area contributed by atoms with Gasteiger partial charge in [-0.1, -0.05) is 24.3 Å². The molecule has 0 aliphatic heterocycles. The number of nitro benzene ring substituents is 1. The minimum Gasteiger partial charge on any atom is -0.462 e. The fraction of sp³-hybridized carbons (Fsp3) is 0.143. The van der Waals surface area contributed by atoms with Crippen LogP contribution in [0.5, 0.6) is 0 Å². The molecule has 38 heavy (non-hydrogen) atoms. The molecule has 10 nitrogen and oxygen atoms in total. The molecule has 3 heterocycles. The second-order valence-electron chi connectivity index (χ2n) is 8.31. The predicted molar refractivity (Wildman–Crippen MR) is 139 cm³/mol. The Morgan fingerprint density at radius 1 is 0.868 bits per heavy atom. The second kappa shape index (κ2) is 9.74. The summed E-state index contributed by atoms with van der Waals surface area (Å²) in [6, 6.07) is 15.8. The number of non-ortho nitro benzene ring substituents is 1. The fourth-order valence-corrected chi connectivity index (χ4v) is 4.56. The van der Waals surface area contributed by atoms with Crippen molar-refractivity contribution in [1.29, 1.82) is 0 Å². The lowest BCUT2D eigenvalue weighted by molar-refractivity contribution is -0.384. The number of benzene rings is 2. The molecule has 0 bridgehead atoms. The third-order valence-corrected chi connectivity index (χ3v) is 6.15. The first kappa shape index (κ1) is 24.6. The molecular weight excluding hydrogens is 490 g/mol. The van der Waals surface area contributed by atoms with Crippen LogP contribution in [0.2, 0.25) is 0 Å². The standard InChI is InChI=1S/C28H21N3O7/c1-3-37-27(33)21-20-14-11-17-8-7-16-6-5-15-29-23(16)24(17)30(20)25(22(21)28(34)38-4-2)26(32)18-9-12-19(13-10-18)31(35)36/h5-15H,3-4H2,1-2H3. The van der Waals surface area contributed by atoms with E-state index < -0.39 is 22.6 Å². The van der Waals surface area contributed by atoms with Gasteiger partial charge in [0.05, 0.1) is 34.7 Å². The van der Waals surface area contributed by atoms with Gasteiger partial charge in [0.25, 0.3) is 5.69 Å². The minimum absolute atomic E-state index is 0.00366. The van der Waals surface area contributed by atoms with Crippen LogP contribution >= 0.6 is 0 Å². The molecule has 0 amide bonds. The van der Waals surface area contributed by atoms with Gasteiger partial charge in [-0.05, 0) is 38.1 Å². The zero-order valence-corrected chi connectivity index (χ0v) is 20.5. The number of rotatable bonds is 7. The third kappa shape index (κ3) is 3.92. The number of carbonyl (C=O) groups is 3. The summed E-state index contributed by atoms with van der Waals surface area (Å²) >= 11 is 0. The Labute approximate surface area is 215 Å². The maximum absolute atomic E-state index is 14.1. The molecule has 5 aromatic rings. The maximum Gasteiger partial charge on any atom is 0.341 e. The number of hydrogen-bond acceptors (Lipinski definition) is 8. The van der Waals surface area contributed by atoms with Crippen molar-refractivity contribution in [3.05, 3.63) is 99.4 Å². The molecule has 0 fully saturated rings. The molecule has 0 aliphatic carbocycles. The second-order valence-corrected chi connectivity index (χ2v) is 8.31. The lowest BCUT2D eigenvalue weighted by atomic mass is 10.0. The molecule has 0 N–H and O–H groups in total. The van der Waals surface area contributed by atoms with Gasteiger partial charge in [0.2, 0.25) is 5.78 Å². The van der Waals surface area contributed by atoms with E-state index >= 15 is 0 Å². The van der Waals surface area contributed by atoms with Crippen molar-refractivity contribution in [2.75, 3.05) is 13.2 Å². The summed E-state index contributed by atoms with van der Waals surface area (Å²) in [5.41, 5.74) is 0.739. The normalized spacial score (nSPS) is 11.1. The number of ether oxygens (including phenoxy) is 2. The third-order valence-electron chi connectivity index (χ3n) is 6.15. The van der Waals surface area contributed by atoms with Crippen molar-refractivity contribution in [2.24, 2.45) is 0 Å². The fourth-order valence-electron chi connectivity index (χ4n) is 4.56. The first-order valence-electron chi connectivity index (χ1n) is 11.9. The highest BCUT2D eigenvalue weighted by Gasteiger charge is 2.34. The van der Waals surface area contributed by atoms with E-state index in [0.29, 0.717) is 16.4 Å². The zero-order chi connectivity index (χ0) is 27.0. The van der Waals surface area contributed by atoms with Crippen LogP contribution in [0.15, 0.2) is 66.9 Å². The van der Waals surface area contributed by atoms with Crippen molar-refractivity contribution in [3.63, 3.8) is 0 Å². The van der Waals surface area contributed by atoms with Gasteiger partial charge in [-0.2, -0.15) is 0 Å². The lowest BCUT2D eigenvalue weighted by Crippen LogP contribution is -2.17. The molecule has 190 valence electrons. The van der Waals surface area contributed by atoms with Crippen LogP contribution in [0.1, 0.15) is 50.6 Å². The predicted octanol–water partition coefficient (Wildman–Crippen LogP) is 5.13. The van der Waals surface area contributed by atoms with Crippen LogP contribution in [0.4, 0.5) is 5.69 Å². The number of fused-ring (bicyclic) bond motifs is 5. The van der Waals surface area contributed by atoms with Gasteiger partial charge in [-0.3, -0.25) is 19.9 Å². The Kier molecular flexibility index (Phi) is 6.29. The molecule has 0 aliphatic rings.